The Morgan fingerprint density at radius 3 is 2.60 bits per heavy atom. The highest BCUT2D eigenvalue weighted by Gasteiger charge is 2.07. The van der Waals surface area contributed by atoms with E-state index in [2.05, 4.69) is 29.4 Å². The van der Waals surface area contributed by atoms with Gasteiger partial charge < -0.3 is 16.8 Å². The van der Waals surface area contributed by atoms with Crippen LogP contribution in [0.4, 0.5) is 17.2 Å². The number of nitrogens with two attached hydrogens (primary N) is 2. The lowest BCUT2D eigenvalue weighted by Crippen LogP contribution is -2.14. The van der Waals surface area contributed by atoms with Crippen molar-refractivity contribution in [1.29, 1.82) is 0 Å². The molecule has 20 heavy (non-hydrogen) atoms. The van der Waals surface area contributed by atoms with Crippen LogP contribution in [0.5, 0.6) is 0 Å². The second kappa shape index (κ2) is 6.06. The molecule has 0 atom stereocenters. The Morgan fingerprint density at radius 1 is 1.30 bits per heavy atom. The van der Waals surface area contributed by atoms with Crippen LogP contribution >= 0.6 is 0 Å². The highest BCUT2D eigenvalue weighted by Crippen LogP contribution is 2.19. The Bertz CT molecular complexity index is 608. The third kappa shape index (κ3) is 3.26. The van der Waals surface area contributed by atoms with E-state index < -0.39 is 5.91 Å². The molecule has 0 radical (unpaired) electrons. The summed E-state index contributed by atoms with van der Waals surface area (Å²) in [6.45, 7) is 2.15. The number of nitrogen functional groups attached to an aromatic ring is 1. The summed E-state index contributed by atoms with van der Waals surface area (Å²) in [5, 5.41) is 3.12. The standard InChI is InChI=1S/C15H18N4O/c1-2-3-10-4-6-11(7-5-10)19-14-8-12(15(17)20)13(16)9-18-14/h4-9H,2-3,16H2,1H3,(H2,17,20)(H,18,19). The third-order valence-corrected chi connectivity index (χ3v) is 2.97. The van der Waals surface area contributed by atoms with Crippen molar-refractivity contribution in [2.75, 3.05) is 11.1 Å². The van der Waals surface area contributed by atoms with E-state index in [-0.39, 0.29) is 11.3 Å². The topological polar surface area (TPSA) is 94.0 Å². The molecule has 0 saturated carbocycles. The number of amides is 1. The smallest absolute Gasteiger partial charge is 0.250 e. The molecule has 0 bridgehead atoms. The molecule has 0 fully saturated rings. The lowest BCUT2D eigenvalue weighted by Gasteiger charge is -2.08. The Labute approximate surface area is 118 Å². The van der Waals surface area contributed by atoms with E-state index in [1.54, 1.807) is 6.07 Å². The number of benzene rings is 1. The van der Waals surface area contributed by atoms with Crippen molar-refractivity contribution in [1.82, 2.24) is 4.98 Å². The monoisotopic (exact) mass is 270 g/mol. The number of aromatic nitrogens is 1. The van der Waals surface area contributed by atoms with E-state index in [9.17, 15) is 4.79 Å². The molecule has 2 aromatic rings. The molecular formula is C15H18N4O. The van der Waals surface area contributed by atoms with Gasteiger partial charge >= 0.3 is 0 Å². The van der Waals surface area contributed by atoms with Gasteiger partial charge in [0.2, 0.25) is 0 Å². The first kappa shape index (κ1) is 13.9. The number of aryl methyl sites for hydroxylation is 1. The van der Waals surface area contributed by atoms with Gasteiger partial charge in [-0.3, -0.25) is 4.79 Å². The van der Waals surface area contributed by atoms with Crippen LogP contribution in [0.15, 0.2) is 36.5 Å². The number of primary amides is 1. The summed E-state index contributed by atoms with van der Waals surface area (Å²) in [5.74, 6) is -0.0255. The van der Waals surface area contributed by atoms with Crippen LogP contribution in [-0.2, 0) is 6.42 Å². The van der Waals surface area contributed by atoms with Gasteiger partial charge in [-0.1, -0.05) is 25.5 Å². The Hall–Kier alpha value is -2.56. The second-order valence-corrected chi connectivity index (χ2v) is 4.59. The maximum Gasteiger partial charge on any atom is 0.250 e. The fourth-order valence-electron chi connectivity index (χ4n) is 1.94. The number of hydrogen-bond donors (Lipinski definition) is 3. The summed E-state index contributed by atoms with van der Waals surface area (Å²) in [5.41, 5.74) is 13.6. The van der Waals surface area contributed by atoms with Crippen molar-refractivity contribution in [3.63, 3.8) is 0 Å². The average molecular weight is 270 g/mol. The van der Waals surface area contributed by atoms with E-state index in [1.165, 1.54) is 11.8 Å². The van der Waals surface area contributed by atoms with Gasteiger partial charge in [0.15, 0.2) is 0 Å². The Balaban J connectivity index is 2.17. The molecule has 1 aromatic heterocycles. The van der Waals surface area contributed by atoms with E-state index in [0.717, 1.165) is 18.5 Å². The predicted octanol–water partition coefficient (Wildman–Crippen LogP) is 2.46. The molecule has 0 aliphatic heterocycles. The van der Waals surface area contributed by atoms with Gasteiger partial charge in [0.1, 0.15) is 5.82 Å². The minimum absolute atomic E-state index is 0.269. The number of carbonyl (C=O) groups excluding carboxylic acids is 1. The van der Waals surface area contributed by atoms with Crippen molar-refractivity contribution in [3.05, 3.63) is 47.7 Å². The molecule has 0 aliphatic rings. The summed E-state index contributed by atoms with van der Waals surface area (Å²) in [7, 11) is 0. The van der Waals surface area contributed by atoms with Gasteiger partial charge in [-0.25, -0.2) is 4.98 Å². The first-order valence-electron chi connectivity index (χ1n) is 6.51. The fraction of sp³-hybridized carbons (Fsp3) is 0.200. The number of carbonyl (C=O) groups is 1. The van der Waals surface area contributed by atoms with Crippen LogP contribution in [0.3, 0.4) is 0 Å². The molecule has 5 heteroatoms. The third-order valence-electron chi connectivity index (χ3n) is 2.97. The van der Waals surface area contributed by atoms with Crippen LogP contribution in [0, 0.1) is 0 Å². The van der Waals surface area contributed by atoms with Crippen LogP contribution < -0.4 is 16.8 Å². The molecule has 0 saturated heterocycles. The van der Waals surface area contributed by atoms with Crippen molar-refractivity contribution in [2.45, 2.75) is 19.8 Å². The molecule has 1 aromatic carbocycles. The van der Waals surface area contributed by atoms with Crippen molar-refractivity contribution >= 4 is 23.1 Å². The molecule has 0 aliphatic carbocycles. The molecule has 1 heterocycles. The molecule has 2 rings (SSSR count). The van der Waals surface area contributed by atoms with Crippen LogP contribution in [0.1, 0.15) is 29.3 Å². The Morgan fingerprint density at radius 2 is 2.00 bits per heavy atom. The second-order valence-electron chi connectivity index (χ2n) is 4.59. The molecule has 104 valence electrons. The van der Waals surface area contributed by atoms with Crippen molar-refractivity contribution in [3.8, 4) is 0 Å². The van der Waals surface area contributed by atoms with Crippen molar-refractivity contribution in [2.24, 2.45) is 5.73 Å². The maximum atomic E-state index is 11.2. The maximum absolute atomic E-state index is 11.2. The van der Waals surface area contributed by atoms with Gasteiger partial charge in [0.05, 0.1) is 17.4 Å². The zero-order chi connectivity index (χ0) is 14.5. The largest absolute Gasteiger partial charge is 0.397 e. The first-order chi connectivity index (χ1) is 9.60. The van der Waals surface area contributed by atoms with Gasteiger partial charge in [-0.15, -0.1) is 0 Å². The Kier molecular flexibility index (Phi) is 4.20. The molecule has 5 nitrogen and oxygen atoms in total. The lowest BCUT2D eigenvalue weighted by atomic mass is 10.1. The summed E-state index contributed by atoms with van der Waals surface area (Å²) in [4.78, 5) is 15.4. The zero-order valence-electron chi connectivity index (χ0n) is 11.4. The minimum atomic E-state index is -0.564. The normalized spacial score (nSPS) is 10.2. The number of pyridine rings is 1. The summed E-state index contributed by atoms with van der Waals surface area (Å²) in [6, 6.07) is 9.65. The van der Waals surface area contributed by atoms with E-state index in [1.807, 2.05) is 12.1 Å². The van der Waals surface area contributed by atoms with E-state index in [0.29, 0.717) is 5.82 Å². The lowest BCUT2D eigenvalue weighted by molar-refractivity contribution is 0.100. The quantitative estimate of drug-likeness (QED) is 0.777. The molecule has 0 unspecified atom stereocenters. The predicted molar refractivity (Wildman–Crippen MR) is 80.9 cm³/mol. The summed E-state index contributed by atoms with van der Waals surface area (Å²) < 4.78 is 0. The molecule has 1 amide bonds. The number of nitrogens with one attached hydrogen (secondary N) is 1. The number of rotatable bonds is 5. The van der Waals surface area contributed by atoms with Crippen molar-refractivity contribution < 1.29 is 4.79 Å². The average Bonchev–Trinajstić information content (AvgIpc) is 2.43. The highest BCUT2D eigenvalue weighted by atomic mass is 16.1. The fourth-order valence-corrected chi connectivity index (χ4v) is 1.94. The molecular weight excluding hydrogens is 252 g/mol. The molecule has 0 spiro atoms. The SMILES string of the molecule is CCCc1ccc(Nc2cc(C(N)=O)c(N)cn2)cc1. The summed E-state index contributed by atoms with van der Waals surface area (Å²) >= 11 is 0. The highest BCUT2D eigenvalue weighted by molar-refractivity contribution is 5.98. The van der Waals surface area contributed by atoms with Gasteiger partial charge in [-0.2, -0.15) is 0 Å². The minimum Gasteiger partial charge on any atom is -0.397 e. The zero-order valence-corrected chi connectivity index (χ0v) is 11.4. The summed E-state index contributed by atoms with van der Waals surface area (Å²) in [6.07, 6.45) is 3.61. The van der Waals surface area contributed by atoms with Crippen LogP contribution in [0.2, 0.25) is 0 Å². The van der Waals surface area contributed by atoms with E-state index >= 15 is 0 Å². The van der Waals surface area contributed by atoms with Crippen LogP contribution in [-0.4, -0.2) is 10.9 Å². The molecule has 5 N–H and O–H groups in total. The first-order valence-corrected chi connectivity index (χ1v) is 6.51. The number of anilines is 3. The van der Waals surface area contributed by atoms with Gasteiger partial charge in [0, 0.05) is 5.69 Å². The van der Waals surface area contributed by atoms with Crippen LogP contribution in [0.25, 0.3) is 0 Å². The number of nitrogens with zero attached hydrogens (tertiary/aromatic N) is 1. The van der Waals surface area contributed by atoms with Gasteiger partial charge in [-0.05, 0) is 30.2 Å². The number of hydrogen-bond acceptors (Lipinski definition) is 4. The van der Waals surface area contributed by atoms with E-state index in [4.69, 9.17) is 11.5 Å². The van der Waals surface area contributed by atoms with Gasteiger partial charge in [0.25, 0.3) is 5.91 Å².